The van der Waals surface area contributed by atoms with E-state index >= 15 is 0 Å². The first kappa shape index (κ1) is 19.6. The average Bonchev–Trinajstić information content (AvgIpc) is 2.65. The standard InChI is InChI=1S/C18H18BrN3O4/c1-11(10-23)16(22-18(25)26)9-21-15-5-4-13(19)7-14(15)17(24)12-3-2-6-20-8-12/h2-8,10-11,16,21-22H,9H2,1H3,(H,25,26)/t11-,16?/m1/s1. The zero-order valence-electron chi connectivity index (χ0n) is 14.0. The summed E-state index contributed by atoms with van der Waals surface area (Å²) >= 11 is 3.35. The molecule has 0 saturated carbocycles. The van der Waals surface area contributed by atoms with Gasteiger partial charge in [0.2, 0.25) is 0 Å². The molecule has 26 heavy (non-hydrogen) atoms. The number of halogens is 1. The molecule has 3 N–H and O–H groups in total. The Balaban J connectivity index is 2.25. The highest BCUT2D eigenvalue weighted by Gasteiger charge is 2.20. The van der Waals surface area contributed by atoms with Gasteiger partial charge in [0.05, 0.1) is 6.04 Å². The second-order valence-corrected chi connectivity index (χ2v) is 6.61. The number of hydrogen-bond donors (Lipinski definition) is 3. The van der Waals surface area contributed by atoms with Crippen LogP contribution in [-0.4, -0.2) is 40.8 Å². The largest absolute Gasteiger partial charge is 0.465 e. The lowest BCUT2D eigenvalue weighted by atomic mass is 10.0. The molecule has 1 heterocycles. The summed E-state index contributed by atoms with van der Waals surface area (Å²) in [4.78, 5) is 38.7. The van der Waals surface area contributed by atoms with Crippen LogP contribution in [0.1, 0.15) is 22.8 Å². The lowest BCUT2D eigenvalue weighted by Gasteiger charge is -2.22. The molecule has 1 aromatic heterocycles. The van der Waals surface area contributed by atoms with E-state index in [1.807, 2.05) is 0 Å². The van der Waals surface area contributed by atoms with E-state index in [4.69, 9.17) is 5.11 Å². The summed E-state index contributed by atoms with van der Waals surface area (Å²) in [6.45, 7) is 1.78. The van der Waals surface area contributed by atoms with Crippen LogP contribution in [0.3, 0.4) is 0 Å². The van der Waals surface area contributed by atoms with Crippen LogP contribution in [0, 0.1) is 5.92 Å². The third-order valence-electron chi connectivity index (χ3n) is 3.82. The minimum Gasteiger partial charge on any atom is -0.465 e. The van der Waals surface area contributed by atoms with Crippen molar-refractivity contribution < 1.29 is 19.5 Å². The summed E-state index contributed by atoms with van der Waals surface area (Å²) in [6, 6.07) is 7.89. The van der Waals surface area contributed by atoms with Gasteiger partial charge in [-0.15, -0.1) is 0 Å². The number of nitrogens with one attached hydrogen (secondary N) is 2. The molecular formula is C18H18BrN3O4. The molecule has 0 aliphatic rings. The van der Waals surface area contributed by atoms with Crippen LogP contribution in [0.25, 0.3) is 0 Å². The minimum absolute atomic E-state index is 0.154. The van der Waals surface area contributed by atoms with Crippen LogP contribution in [0.15, 0.2) is 47.2 Å². The maximum atomic E-state index is 12.8. The van der Waals surface area contributed by atoms with Crippen LogP contribution in [0.5, 0.6) is 0 Å². The lowest BCUT2D eigenvalue weighted by Crippen LogP contribution is -2.44. The van der Waals surface area contributed by atoms with E-state index in [1.54, 1.807) is 43.5 Å². The smallest absolute Gasteiger partial charge is 0.404 e. The fourth-order valence-corrected chi connectivity index (χ4v) is 2.71. The molecule has 0 aliphatic heterocycles. The molecule has 0 saturated heterocycles. The second kappa shape index (κ2) is 9.10. The van der Waals surface area contributed by atoms with Crippen LogP contribution in [0.4, 0.5) is 10.5 Å². The Labute approximate surface area is 159 Å². The van der Waals surface area contributed by atoms with Crippen LogP contribution < -0.4 is 10.6 Å². The van der Waals surface area contributed by atoms with Crippen molar-refractivity contribution in [1.29, 1.82) is 0 Å². The molecular weight excluding hydrogens is 402 g/mol. The van der Waals surface area contributed by atoms with Gasteiger partial charge >= 0.3 is 6.09 Å². The number of nitrogens with zero attached hydrogens (tertiary/aromatic N) is 1. The van der Waals surface area contributed by atoms with Crippen molar-refractivity contribution in [2.75, 3.05) is 11.9 Å². The normalized spacial score (nSPS) is 12.7. The first-order chi connectivity index (χ1) is 12.4. The molecule has 0 radical (unpaired) electrons. The van der Waals surface area contributed by atoms with E-state index in [0.717, 1.165) is 4.47 Å². The van der Waals surface area contributed by atoms with Gasteiger partial charge in [0.15, 0.2) is 5.78 Å². The Bertz CT molecular complexity index is 798. The molecule has 0 bridgehead atoms. The Kier molecular flexibility index (Phi) is 6.85. The van der Waals surface area contributed by atoms with E-state index in [1.165, 1.54) is 6.20 Å². The number of hydrogen-bond acceptors (Lipinski definition) is 5. The van der Waals surface area contributed by atoms with Gasteiger partial charge in [-0.05, 0) is 30.3 Å². The number of ketones is 1. The van der Waals surface area contributed by atoms with Crippen LogP contribution in [0.2, 0.25) is 0 Å². The maximum absolute atomic E-state index is 12.8. The Morgan fingerprint density at radius 2 is 2.12 bits per heavy atom. The van der Waals surface area contributed by atoms with Gasteiger partial charge in [-0.25, -0.2) is 4.79 Å². The topological polar surface area (TPSA) is 108 Å². The molecule has 2 rings (SSSR count). The van der Waals surface area contributed by atoms with E-state index in [9.17, 15) is 14.4 Å². The highest BCUT2D eigenvalue weighted by atomic mass is 79.9. The van der Waals surface area contributed by atoms with E-state index < -0.39 is 18.1 Å². The van der Waals surface area contributed by atoms with Crippen LogP contribution in [-0.2, 0) is 4.79 Å². The Morgan fingerprint density at radius 3 is 2.73 bits per heavy atom. The fourth-order valence-electron chi connectivity index (χ4n) is 2.35. The van der Waals surface area contributed by atoms with Gasteiger partial charge in [0.25, 0.3) is 0 Å². The van der Waals surface area contributed by atoms with Crippen molar-refractivity contribution in [2.24, 2.45) is 5.92 Å². The number of carboxylic acid groups (broad SMARTS) is 1. The SMILES string of the molecule is C[C@H](C=O)C(CNc1ccc(Br)cc1C(=O)c1cccnc1)NC(=O)O. The van der Waals surface area contributed by atoms with Crippen molar-refractivity contribution in [1.82, 2.24) is 10.3 Å². The van der Waals surface area contributed by atoms with Crippen molar-refractivity contribution in [3.63, 3.8) is 0 Å². The number of anilines is 1. The van der Waals surface area contributed by atoms with Crippen LogP contribution >= 0.6 is 15.9 Å². The van der Waals surface area contributed by atoms with Gasteiger partial charge in [-0.1, -0.05) is 22.9 Å². The fraction of sp³-hybridized carbons (Fsp3) is 0.222. The molecule has 0 spiro atoms. The average molecular weight is 420 g/mol. The zero-order chi connectivity index (χ0) is 19.1. The van der Waals surface area contributed by atoms with E-state index in [0.29, 0.717) is 23.1 Å². The van der Waals surface area contributed by atoms with Gasteiger partial charge in [-0.2, -0.15) is 0 Å². The molecule has 136 valence electrons. The number of carbonyl (C=O) groups excluding carboxylic acids is 2. The number of benzene rings is 1. The molecule has 2 aromatic rings. The Hall–Kier alpha value is -2.74. The van der Waals surface area contributed by atoms with Crippen molar-refractivity contribution in [3.8, 4) is 0 Å². The molecule has 0 fully saturated rings. The summed E-state index contributed by atoms with van der Waals surface area (Å²) in [5, 5.41) is 14.3. The maximum Gasteiger partial charge on any atom is 0.404 e. The third kappa shape index (κ3) is 5.13. The first-order valence-electron chi connectivity index (χ1n) is 7.85. The molecule has 2 atom stereocenters. The molecule has 1 aromatic carbocycles. The zero-order valence-corrected chi connectivity index (χ0v) is 15.6. The summed E-state index contributed by atoms with van der Waals surface area (Å²) in [5.74, 6) is -0.736. The first-order valence-corrected chi connectivity index (χ1v) is 8.64. The van der Waals surface area contributed by atoms with Crippen molar-refractivity contribution in [3.05, 3.63) is 58.3 Å². The summed E-state index contributed by atoms with van der Waals surface area (Å²) < 4.78 is 0.733. The number of pyridine rings is 1. The summed E-state index contributed by atoms with van der Waals surface area (Å²) in [7, 11) is 0. The lowest BCUT2D eigenvalue weighted by molar-refractivity contribution is -0.111. The van der Waals surface area contributed by atoms with Gasteiger partial charge in [0, 0.05) is 46.1 Å². The highest BCUT2D eigenvalue weighted by molar-refractivity contribution is 9.10. The summed E-state index contributed by atoms with van der Waals surface area (Å²) in [5.41, 5.74) is 1.40. The predicted octanol–water partition coefficient (Wildman–Crippen LogP) is 2.96. The summed E-state index contributed by atoms with van der Waals surface area (Å²) in [6.07, 6.45) is 2.54. The number of aromatic nitrogens is 1. The van der Waals surface area contributed by atoms with E-state index in [2.05, 4.69) is 31.5 Å². The molecule has 8 heteroatoms. The molecule has 7 nitrogen and oxygen atoms in total. The number of aldehydes is 1. The predicted molar refractivity (Wildman–Crippen MR) is 100 cm³/mol. The monoisotopic (exact) mass is 419 g/mol. The third-order valence-corrected chi connectivity index (χ3v) is 4.31. The van der Waals surface area contributed by atoms with Crippen molar-refractivity contribution >= 4 is 39.8 Å². The molecule has 1 unspecified atom stereocenters. The molecule has 0 aliphatic carbocycles. The second-order valence-electron chi connectivity index (χ2n) is 5.69. The van der Waals surface area contributed by atoms with Gasteiger partial charge in [0.1, 0.15) is 6.29 Å². The number of amides is 1. The molecule has 1 amide bonds. The van der Waals surface area contributed by atoms with Gasteiger partial charge in [-0.3, -0.25) is 9.78 Å². The Morgan fingerprint density at radius 1 is 1.35 bits per heavy atom. The highest BCUT2D eigenvalue weighted by Crippen LogP contribution is 2.24. The minimum atomic E-state index is -1.21. The quantitative estimate of drug-likeness (QED) is 0.448. The number of rotatable bonds is 8. The van der Waals surface area contributed by atoms with E-state index in [-0.39, 0.29) is 12.3 Å². The van der Waals surface area contributed by atoms with Gasteiger partial charge < -0.3 is 20.5 Å². The van der Waals surface area contributed by atoms with Crippen molar-refractivity contribution in [2.45, 2.75) is 13.0 Å². The number of carbonyl (C=O) groups is 3.